The molecule has 1 saturated heterocycles. The van der Waals surface area contributed by atoms with Gasteiger partial charge in [-0.3, -0.25) is 9.69 Å². The van der Waals surface area contributed by atoms with Gasteiger partial charge in [-0.15, -0.1) is 0 Å². The van der Waals surface area contributed by atoms with Crippen LogP contribution in [0.15, 0.2) is 54.6 Å². The van der Waals surface area contributed by atoms with Crippen LogP contribution in [0.25, 0.3) is 0 Å². The highest BCUT2D eigenvalue weighted by atomic mass is 16.5. The van der Waals surface area contributed by atoms with Gasteiger partial charge in [0.2, 0.25) is 5.91 Å². The van der Waals surface area contributed by atoms with Crippen molar-refractivity contribution in [1.82, 2.24) is 9.80 Å². The van der Waals surface area contributed by atoms with E-state index >= 15 is 0 Å². The maximum absolute atomic E-state index is 13.4. The summed E-state index contributed by atoms with van der Waals surface area (Å²) in [4.78, 5) is 19.9. The number of anilines is 1. The molecule has 5 heteroatoms. The fourth-order valence-electron chi connectivity index (χ4n) is 3.77. The highest BCUT2D eigenvalue weighted by Gasteiger charge is 2.29. The van der Waals surface area contributed by atoms with Crippen molar-refractivity contribution in [3.63, 3.8) is 0 Å². The second kappa shape index (κ2) is 9.60. The van der Waals surface area contributed by atoms with Crippen LogP contribution < -0.4 is 9.64 Å². The quantitative estimate of drug-likeness (QED) is 0.768. The van der Waals surface area contributed by atoms with Crippen LogP contribution in [-0.4, -0.2) is 62.6 Å². The molecule has 5 nitrogen and oxygen atoms in total. The monoisotopic (exact) mass is 381 g/mol. The molecule has 1 amide bonds. The second-order valence-corrected chi connectivity index (χ2v) is 7.25. The number of likely N-dealkylation sites (N-methyl/N-ethyl adjacent to an activating group) is 1. The summed E-state index contributed by atoms with van der Waals surface area (Å²) >= 11 is 0. The Bertz CT molecular complexity index is 748. The Morgan fingerprint density at radius 3 is 2.39 bits per heavy atom. The number of carbonyl (C=O) groups is 1. The average Bonchev–Trinajstić information content (AvgIpc) is 3.01. The van der Waals surface area contributed by atoms with Crippen LogP contribution in [0.3, 0.4) is 0 Å². The number of hydrogen-bond donors (Lipinski definition) is 0. The first kappa shape index (κ1) is 20.2. The van der Waals surface area contributed by atoms with Crippen LogP contribution in [0.2, 0.25) is 0 Å². The molecule has 0 bridgehead atoms. The molecule has 1 heterocycles. The summed E-state index contributed by atoms with van der Waals surface area (Å²) in [5.74, 6) is 1.07. The third kappa shape index (κ3) is 4.65. The summed E-state index contributed by atoms with van der Waals surface area (Å²) < 4.78 is 5.26. The van der Waals surface area contributed by atoms with E-state index in [2.05, 4.69) is 41.0 Å². The zero-order valence-corrected chi connectivity index (χ0v) is 17.2. The van der Waals surface area contributed by atoms with Crippen LogP contribution in [0, 0.1) is 0 Å². The Labute approximate surface area is 168 Å². The molecule has 28 heavy (non-hydrogen) atoms. The SMILES string of the molecule is CCN(C)C(C(=O)N1CCCN(c2ccc(OC)cc2)CC1)c1ccccc1. The largest absolute Gasteiger partial charge is 0.497 e. The van der Waals surface area contributed by atoms with Crippen molar-refractivity contribution in [1.29, 1.82) is 0 Å². The molecule has 2 aromatic carbocycles. The molecule has 2 aromatic rings. The number of hydrogen-bond acceptors (Lipinski definition) is 4. The highest BCUT2D eigenvalue weighted by Crippen LogP contribution is 2.24. The van der Waals surface area contributed by atoms with Gasteiger partial charge in [-0.2, -0.15) is 0 Å². The van der Waals surface area contributed by atoms with Crippen molar-refractivity contribution in [3.8, 4) is 5.75 Å². The number of nitrogens with zero attached hydrogens (tertiary/aromatic N) is 3. The van der Waals surface area contributed by atoms with Gasteiger partial charge in [-0.05, 0) is 49.8 Å². The van der Waals surface area contributed by atoms with E-state index in [4.69, 9.17) is 4.74 Å². The van der Waals surface area contributed by atoms with E-state index in [-0.39, 0.29) is 11.9 Å². The molecule has 0 saturated carbocycles. The van der Waals surface area contributed by atoms with Crippen molar-refractivity contribution in [2.24, 2.45) is 0 Å². The smallest absolute Gasteiger partial charge is 0.244 e. The minimum atomic E-state index is -0.223. The van der Waals surface area contributed by atoms with E-state index in [1.54, 1.807) is 7.11 Å². The Balaban J connectivity index is 1.71. The predicted octanol–water partition coefficient (Wildman–Crippen LogP) is 3.43. The fourth-order valence-corrected chi connectivity index (χ4v) is 3.77. The molecule has 0 aromatic heterocycles. The van der Waals surface area contributed by atoms with Gasteiger partial charge < -0.3 is 14.5 Å². The number of methoxy groups -OCH3 is 1. The Hall–Kier alpha value is -2.53. The fraction of sp³-hybridized carbons (Fsp3) is 0.435. The minimum absolute atomic E-state index is 0.201. The summed E-state index contributed by atoms with van der Waals surface area (Å²) in [7, 11) is 3.71. The summed E-state index contributed by atoms with van der Waals surface area (Å²) in [5.41, 5.74) is 2.24. The van der Waals surface area contributed by atoms with Crippen molar-refractivity contribution in [2.75, 3.05) is 51.8 Å². The van der Waals surface area contributed by atoms with Crippen LogP contribution in [0.4, 0.5) is 5.69 Å². The number of carbonyl (C=O) groups excluding carboxylic acids is 1. The summed E-state index contributed by atoms with van der Waals surface area (Å²) in [6.07, 6.45) is 0.967. The van der Waals surface area contributed by atoms with Gasteiger partial charge in [0.15, 0.2) is 0 Å². The highest BCUT2D eigenvalue weighted by molar-refractivity contribution is 5.83. The average molecular weight is 382 g/mol. The second-order valence-electron chi connectivity index (χ2n) is 7.25. The Morgan fingerprint density at radius 1 is 1.04 bits per heavy atom. The van der Waals surface area contributed by atoms with Crippen molar-refractivity contribution in [2.45, 2.75) is 19.4 Å². The standard InChI is InChI=1S/C23H31N3O2/c1-4-24(2)22(19-9-6-5-7-10-19)23(27)26-16-8-15-25(17-18-26)20-11-13-21(28-3)14-12-20/h5-7,9-14,22H,4,8,15-18H2,1-3H3. The molecule has 1 aliphatic heterocycles. The molecule has 0 aliphatic carbocycles. The van der Waals surface area contributed by atoms with Crippen LogP contribution in [0.1, 0.15) is 24.9 Å². The molecule has 1 aliphatic rings. The predicted molar refractivity (Wildman–Crippen MR) is 114 cm³/mol. The third-order valence-electron chi connectivity index (χ3n) is 5.53. The molecule has 1 unspecified atom stereocenters. The number of ether oxygens (including phenoxy) is 1. The van der Waals surface area contributed by atoms with Gasteiger partial charge in [0, 0.05) is 31.9 Å². The number of benzene rings is 2. The maximum atomic E-state index is 13.4. The molecule has 0 radical (unpaired) electrons. The molecule has 3 rings (SSSR count). The summed E-state index contributed by atoms with van der Waals surface area (Å²) in [5, 5.41) is 0. The summed E-state index contributed by atoms with van der Waals surface area (Å²) in [6, 6.07) is 18.1. The van der Waals surface area contributed by atoms with Gasteiger partial charge in [0.1, 0.15) is 11.8 Å². The molecule has 150 valence electrons. The van der Waals surface area contributed by atoms with Crippen LogP contribution in [0.5, 0.6) is 5.75 Å². The lowest BCUT2D eigenvalue weighted by Gasteiger charge is -2.32. The van der Waals surface area contributed by atoms with E-state index in [0.29, 0.717) is 0 Å². The van der Waals surface area contributed by atoms with Crippen molar-refractivity contribution in [3.05, 3.63) is 60.2 Å². The van der Waals surface area contributed by atoms with Crippen LogP contribution in [-0.2, 0) is 4.79 Å². The van der Waals surface area contributed by atoms with Crippen molar-refractivity contribution < 1.29 is 9.53 Å². The molecule has 0 N–H and O–H groups in total. The first-order chi connectivity index (χ1) is 13.6. The lowest BCUT2D eigenvalue weighted by Crippen LogP contribution is -2.43. The zero-order chi connectivity index (χ0) is 19.9. The molecule has 1 fully saturated rings. The Kier molecular flexibility index (Phi) is 6.93. The lowest BCUT2D eigenvalue weighted by molar-refractivity contribution is -0.136. The van der Waals surface area contributed by atoms with E-state index < -0.39 is 0 Å². The maximum Gasteiger partial charge on any atom is 0.244 e. The number of amides is 1. The van der Waals surface area contributed by atoms with Gasteiger partial charge in [0.25, 0.3) is 0 Å². The van der Waals surface area contributed by atoms with E-state index in [0.717, 1.165) is 50.5 Å². The minimum Gasteiger partial charge on any atom is -0.497 e. The van der Waals surface area contributed by atoms with E-state index in [1.807, 2.05) is 42.3 Å². The third-order valence-corrected chi connectivity index (χ3v) is 5.53. The topological polar surface area (TPSA) is 36.0 Å². The molecular formula is C23H31N3O2. The Morgan fingerprint density at radius 2 is 1.75 bits per heavy atom. The van der Waals surface area contributed by atoms with Crippen molar-refractivity contribution >= 4 is 11.6 Å². The van der Waals surface area contributed by atoms with Gasteiger partial charge in [-0.1, -0.05) is 37.3 Å². The normalized spacial score (nSPS) is 16.0. The summed E-state index contributed by atoms with van der Waals surface area (Å²) in [6.45, 7) is 6.26. The molecule has 0 spiro atoms. The van der Waals surface area contributed by atoms with Gasteiger partial charge in [-0.25, -0.2) is 0 Å². The number of rotatable bonds is 6. The van der Waals surface area contributed by atoms with Gasteiger partial charge >= 0.3 is 0 Å². The molecular weight excluding hydrogens is 350 g/mol. The lowest BCUT2D eigenvalue weighted by atomic mass is 10.0. The van der Waals surface area contributed by atoms with E-state index in [9.17, 15) is 4.79 Å². The first-order valence-corrected chi connectivity index (χ1v) is 10.1. The van der Waals surface area contributed by atoms with Gasteiger partial charge in [0.05, 0.1) is 7.11 Å². The first-order valence-electron chi connectivity index (χ1n) is 10.1. The van der Waals surface area contributed by atoms with E-state index in [1.165, 1.54) is 5.69 Å². The molecule has 1 atom stereocenters. The zero-order valence-electron chi connectivity index (χ0n) is 17.2. The van der Waals surface area contributed by atoms with Crippen LogP contribution >= 0.6 is 0 Å².